The van der Waals surface area contributed by atoms with Crippen LogP contribution in [0.2, 0.25) is 0 Å². The number of nitro groups is 1. The molecule has 9 heteroatoms. The molecule has 1 unspecified atom stereocenters. The summed E-state index contributed by atoms with van der Waals surface area (Å²) in [4.78, 5) is 9.24. The van der Waals surface area contributed by atoms with Gasteiger partial charge in [-0.05, 0) is 24.5 Å². The summed E-state index contributed by atoms with van der Waals surface area (Å²) in [5, 5.41) is 19.5. The first kappa shape index (κ1) is 16.5. The predicted molar refractivity (Wildman–Crippen MR) is 69.1 cm³/mol. The van der Waals surface area contributed by atoms with Gasteiger partial charge in [-0.25, -0.2) is 17.5 Å². The van der Waals surface area contributed by atoms with E-state index in [0.717, 1.165) is 12.1 Å². The summed E-state index contributed by atoms with van der Waals surface area (Å²) in [6.07, 6.45) is 0.397. The molecule has 0 aliphatic carbocycles. The summed E-state index contributed by atoms with van der Waals surface area (Å²) in [7, 11) is -4.11. The first-order valence-corrected chi connectivity index (χ1v) is 7.30. The van der Waals surface area contributed by atoms with Crippen LogP contribution in [0.25, 0.3) is 0 Å². The lowest BCUT2D eigenvalue weighted by Gasteiger charge is -2.11. The topological polar surface area (TPSA) is 110 Å². The summed E-state index contributed by atoms with van der Waals surface area (Å²) in [5.41, 5.74) is -0.813. The molecule has 0 amide bonds. The number of hydrogen-bond donors (Lipinski definition) is 2. The molecule has 1 aromatic rings. The highest BCUT2D eigenvalue weighted by Gasteiger charge is 2.26. The number of aliphatic hydroxyl groups excluding tert-OH is 1. The van der Waals surface area contributed by atoms with Crippen LogP contribution >= 0.6 is 0 Å². The van der Waals surface area contributed by atoms with E-state index >= 15 is 0 Å². The maximum absolute atomic E-state index is 13.0. The minimum atomic E-state index is -4.11. The number of halogens is 1. The number of sulfonamides is 1. The molecule has 0 fully saturated rings. The lowest BCUT2D eigenvalue weighted by Crippen LogP contribution is -2.29. The largest absolute Gasteiger partial charge is 0.396 e. The van der Waals surface area contributed by atoms with Crippen LogP contribution in [0.3, 0.4) is 0 Å². The molecule has 0 spiro atoms. The van der Waals surface area contributed by atoms with Crippen molar-refractivity contribution in [3.05, 3.63) is 34.1 Å². The summed E-state index contributed by atoms with van der Waals surface area (Å²) in [6, 6.07) is 2.26. The maximum atomic E-state index is 13.0. The van der Waals surface area contributed by atoms with Gasteiger partial charge in [-0.3, -0.25) is 10.1 Å². The monoisotopic (exact) mass is 306 g/mol. The highest BCUT2D eigenvalue weighted by atomic mass is 32.2. The molecule has 0 heterocycles. The van der Waals surface area contributed by atoms with Crippen LogP contribution in [-0.4, -0.2) is 31.6 Å². The zero-order valence-corrected chi connectivity index (χ0v) is 11.6. The van der Waals surface area contributed by atoms with Crippen LogP contribution < -0.4 is 4.72 Å². The summed E-state index contributed by atoms with van der Waals surface area (Å²) >= 11 is 0. The molecular formula is C11H15FN2O5S. The van der Waals surface area contributed by atoms with Gasteiger partial charge in [0.25, 0.3) is 5.69 Å². The molecule has 112 valence electrons. The first-order valence-electron chi connectivity index (χ1n) is 5.82. The van der Waals surface area contributed by atoms with Crippen molar-refractivity contribution in [2.24, 2.45) is 5.92 Å². The van der Waals surface area contributed by atoms with Crippen molar-refractivity contribution < 1.29 is 22.8 Å². The second kappa shape index (κ2) is 6.73. The van der Waals surface area contributed by atoms with E-state index in [1.807, 2.05) is 0 Å². The number of rotatable bonds is 7. The summed E-state index contributed by atoms with van der Waals surface area (Å²) in [5.74, 6) is -1.02. The Morgan fingerprint density at radius 1 is 1.50 bits per heavy atom. The van der Waals surface area contributed by atoms with Crippen LogP contribution in [0.5, 0.6) is 0 Å². The van der Waals surface area contributed by atoms with Crippen LogP contribution in [0.4, 0.5) is 10.1 Å². The standard InChI is InChI=1S/C11H15FN2O5S/c1-8(4-5-15)7-13-20(18,19)11-3-2-9(12)6-10(11)14(16)17/h2-3,6,8,13,15H,4-5,7H2,1H3. The molecule has 1 atom stereocenters. The van der Waals surface area contributed by atoms with Gasteiger partial charge in [0.05, 0.1) is 11.0 Å². The van der Waals surface area contributed by atoms with Gasteiger partial charge in [0, 0.05) is 13.2 Å². The van der Waals surface area contributed by atoms with Gasteiger partial charge in [-0.1, -0.05) is 6.92 Å². The van der Waals surface area contributed by atoms with Crippen LogP contribution in [0.15, 0.2) is 23.1 Å². The number of nitrogens with one attached hydrogen (secondary N) is 1. The Hall–Kier alpha value is -1.58. The van der Waals surface area contributed by atoms with E-state index in [1.165, 1.54) is 0 Å². The zero-order valence-electron chi connectivity index (χ0n) is 10.7. The molecule has 0 radical (unpaired) electrons. The molecule has 0 saturated heterocycles. The fraction of sp³-hybridized carbons (Fsp3) is 0.455. The van der Waals surface area contributed by atoms with Crippen molar-refractivity contribution >= 4 is 15.7 Å². The summed E-state index contributed by atoms with van der Waals surface area (Å²) < 4.78 is 39.1. The molecule has 1 rings (SSSR count). The van der Waals surface area contributed by atoms with E-state index in [0.29, 0.717) is 12.5 Å². The van der Waals surface area contributed by atoms with E-state index in [9.17, 15) is 22.9 Å². The quantitative estimate of drug-likeness (QED) is 0.577. The molecule has 0 saturated carbocycles. The van der Waals surface area contributed by atoms with Crippen LogP contribution in [0.1, 0.15) is 13.3 Å². The second-order valence-corrected chi connectivity index (χ2v) is 6.07. The third kappa shape index (κ3) is 4.22. The van der Waals surface area contributed by atoms with Crippen molar-refractivity contribution in [3.8, 4) is 0 Å². The van der Waals surface area contributed by atoms with Gasteiger partial charge in [0.2, 0.25) is 10.0 Å². The van der Waals surface area contributed by atoms with Gasteiger partial charge in [-0.15, -0.1) is 0 Å². The Kier molecular flexibility index (Phi) is 5.54. The van der Waals surface area contributed by atoms with Gasteiger partial charge in [-0.2, -0.15) is 0 Å². The van der Waals surface area contributed by atoms with Crippen molar-refractivity contribution in [3.63, 3.8) is 0 Å². The molecule has 20 heavy (non-hydrogen) atoms. The molecule has 0 aliphatic rings. The minimum Gasteiger partial charge on any atom is -0.396 e. The lowest BCUT2D eigenvalue weighted by molar-refractivity contribution is -0.388. The van der Waals surface area contributed by atoms with Crippen LogP contribution in [-0.2, 0) is 10.0 Å². The zero-order chi connectivity index (χ0) is 15.3. The Labute approximate surface area is 115 Å². The second-order valence-electron chi connectivity index (χ2n) is 4.34. The number of nitrogens with zero attached hydrogens (tertiary/aromatic N) is 1. The maximum Gasteiger partial charge on any atom is 0.292 e. The SMILES string of the molecule is CC(CCO)CNS(=O)(=O)c1ccc(F)cc1[N+](=O)[O-]. The fourth-order valence-corrected chi connectivity index (χ4v) is 2.83. The van der Waals surface area contributed by atoms with Gasteiger partial charge in [0.1, 0.15) is 5.82 Å². The van der Waals surface area contributed by atoms with Gasteiger partial charge in [0.15, 0.2) is 4.90 Å². The third-order valence-corrected chi connectivity index (χ3v) is 4.12. The first-order chi connectivity index (χ1) is 9.27. The predicted octanol–water partition coefficient (Wildman–Crippen LogP) is 1.03. The van der Waals surface area contributed by atoms with E-state index in [1.54, 1.807) is 6.92 Å². The Morgan fingerprint density at radius 2 is 2.15 bits per heavy atom. The molecule has 0 aliphatic heterocycles. The average Bonchev–Trinajstić information content (AvgIpc) is 2.36. The van der Waals surface area contributed by atoms with Crippen molar-refractivity contribution in [2.45, 2.75) is 18.2 Å². The van der Waals surface area contributed by atoms with Crippen molar-refractivity contribution in [1.82, 2.24) is 4.72 Å². The van der Waals surface area contributed by atoms with Crippen LogP contribution in [0, 0.1) is 21.8 Å². The Balaban J connectivity index is 3.01. The van der Waals surface area contributed by atoms with E-state index in [-0.39, 0.29) is 19.1 Å². The van der Waals surface area contributed by atoms with Gasteiger partial charge < -0.3 is 5.11 Å². The molecule has 0 bridgehead atoms. The smallest absolute Gasteiger partial charge is 0.292 e. The molecule has 1 aromatic carbocycles. The Morgan fingerprint density at radius 3 is 2.70 bits per heavy atom. The highest BCUT2D eigenvalue weighted by molar-refractivity contribution is 7.89. The number of benzene rings is 1. The van der Waals surface area contributed by atoms with Crippen molar-refractivity contribution in [2.75, 3.05) is 13.2 Å². The number of hydrogen-bond acceptors (Lipinski definition) is 5. The van der Waals surface area contributed by atoms with E-state index in [2.05, 4.69) is 4.72 Å². The van der Waals surface area contributed by atoms with E-state index < -0.39 is 31.3 Å². The summed E-state index contributed by atoms with van der Waals surface area (Å²) in [6.45, 7) is 1.66. The third-order valence-electron chi connectivity index (χ3n) is 2.65. The minimum absolute atomic E-state index is 0.0252. The normalized spacial score (nSPS) is 13.2. The lowest BCUT2D eigenvalue weighted by atomic mass is 10.1. The van der Waals surface area contributed by atoms with Crippen molar-refractivity contribution in [1.29, 1.82) is 0 Å². The van der Waals surface area contributed by atoms with Gasteiger partial charge >= 0.3 is 0 Å². The van der Waals surface area contributed by atoms with E-state index in [4.69, 9.17) is 5.11 Å². The fourth-order valence-electron chi connectivity index (χ4n) is 1.51. The molecule has 7 nitrogen and oxygen atoms in total. The number of aliphatic hydroxyl groups is 1. The Bertz CT molecular complexity index is 590. The number of nitro benzene ring substituents is 1. The molecule has 2 N–H and O–H groups in total. The highest BCUT2D eigenvalue weighted by Crippen LogP contribution is 2.24. The molecule has 0 aromatic heterocycles. The molecular weight excluding hydrogens is 291 g/mol. The average molecular weight is 306 g/mol.